The highest BCUT2D eigenvalue weighted by Gasteiger charge is 2.13. The van der Waals surface area contributed by atoms with Crippen molar-refractivity contribution in [3.63, 3.8) is 0 Å². The van der Waals surface area contributed by atoms with Gasteiger partial charge in [0, 0.05) is 6.54 Å². The fourth-order valence-corrected chi connectivity index (χ4v) is 1.87. The van der Waals surface area contributed by atoms with E-state index < -0.39 is 0 Å². The van der Waals surface area contributed by atoms with Crippen molar-refractivity contribution < 1.29 is 15.0 Å². The normalized spacial score (nSPS) is 14.0. The number of phenolic OH excluding ortho intramolecular Hbond substituents is 1. The number of para-hydroxylation sites is 1. The molecule has 1 aromatic rings. The molecular formula is C14H21NO3. The Balaban J connectivity index is 2.58. The largest absolute Gasteiger partial charge is 0.507 e. The third-order valence-electron chi connectivity index (χ3n) is 2.84. The second-order valence-corrected chi connectivity index (χ2v) is 4.87. The molecule has 0 aromatic heterocycles. The predicted molar refractivity (Wildman–Crippen MR) is 70.6 cm³/mol. The lowest BCUT2D eigenvalue weighted by molar-refractivity contribution is 0.0936. The van der Waals surface area contributed by atoms with Crippen LogP contribution in [0.4, 0.5) is 0 Å². The van der Waals surface area contributed by atoms with Crippen molar-refractivity contribution in [1.82, 2.24) is 5.32 Å². The van der Waals surface area contributed by atoms with E-state index in [0.29, 0.717) is 24.1 Å². The van der Waals surface area contributed by atoms with E-state index in [4.69, 9.17) is 0 Å². The Bertz CT molecular complexity index is 416. The fraction of sp³-hybridized carbons (Fsp3) is 0.500. The van der Waals surface area contributed by atoms with Crippen molar-refractivity contribution in [2.24, 2.45) is 5.92 Å². The fourth-order valence-electron chi connectivity index (χ4n) is 1.87. The monoisotopic (exact) mass is 251 g/mol. The second kappa shape index (κ2) is 6.40. The van der Waals surface area contributed by atoms with E-state index >= 15 is 0 Å². The molecule has 1 aromatic carbocycles. The highest BCUT2D eigenvalue weighted by atomic mass is 16.3. The maximum atomic E-state index is 11.9. The molecule has 0 heterocycles. The Labute approximate surface area is 108 Å². The van der Waals surface area contributed by atoms with Gasteiger partial charge in [0.05, 0.1) is 11.7 Å². The van der Waals surface area contributed by atoms with Crippen LogP contribution >= 0.6 is 0 Å². The summed E-state index contributed by atoms with van der Waals surface area (Å²) in [7, 11) is 0. The van der Waals surface area contributed by atoms with Crippen molar-refractivity contribution in [2.75, 3.05) is 6.54 Å². The SMILES string of the molecule is Cc1cccc(C(=O)NC[C@@H](C)C[C@H](C)O)c1O. The van der Waals surface area contributed by atoms with Gasteiger partial charge < -0.3 is 15.5 Å². The summed E-state index contributed by atoms with van der Waals surface area (Å²) in [6.07, 6.45) is 0.268. The molecule has 0 spiro atoms. The predicted octanol–water partition coefficient (Wildman–Crippen LogP) is 1.84. The van der Waals surface area contributed by atoms with Crippen molar-refractivity contribution in [1.29, 1.82) is 0 Å². The standard InChI is InChI=1S/C14H21NO3/c1-9(7-11(3)16)8-15-14(18)12-6-4-5-10(2)13(12)17/h4-6,9,11,16-17H,7-8H2,1-3H3,(H,15,18)/t9-,11-/m0/s1. The molecular weight excluding hydrogens is 230 g/mol. The zero-order valence-corrected chi connectivity index (χ0v) is 11.1. The van der Waals surface area contributed by atoms with Gasteiger partial charge in [-0.2, -0.15) is 0 Å². The number of carbonyl (C=O) groups is 1. The number of hydrogen-bond donors (Lipinski definition) is 3. The van der Waals surface area contributed by atoms with Crippen LogP contribution in [0.25, 0.3) is 0 Å². The first kappa shape index (κ1) is 14.5. The minimum atomic E-state index is -0.371. The van der Waals surface area contributed by atoms with Gasteiger partial charge in [0.25, 0.3) is 5.91 Å². The molecule has 18 heavy (non-hydrogen) atoms. The van der Waals surface area contributed by atoms with Gasteiger partial charge >= 0.3 is 0 Å². The number of rotatable bonds is 5. The lowest BCUT2D eigenvalue weighted by Gasteiger charge is -2.14. The molecule has 0 bridgehead atoms. The summed E-state index contributed by atoms with van der Waals surface area (Å²) in [5, 5.41) is 21.8. The van der Waals surface area contributed by atoms with Crippen LogP contribution < -0.4 is 5.32 Å². The summed E-state index contributed by atoms with van der Waals surface area (Å²) >= 11 is 0. The summed E-state index contributed by atoms with van der Waals surface area (Å²) < 4.78 is 0. The number of hydrogen-bond acceptors (Lipinski definition) is 3. The average Bonchev–Trinajstić information content (AvgIpc) is 2.29. The molecule has 0 aliphatic heterocycles. The molecule has 3 N–H and O–H groups in total. The van der Waals surface area contributed by atoms with Gasteiger partial charge in [-0.3, -0.25) is 4.79 Å². The van der Waals surface area contributed by atoms with E-state index in [1.165, 1.54) is 0 Å². The highest BCUT2D eigenvalue weighted by Crippen LogP contribution is 2.21. The van der Waals surface area contributed by atoms with E-state index in [0.717, 1.165) is 0 Å². The van der Waals surface area contributed by atoms with Crippen LogP contribution in [0.1, 0.15) is 36.2 Å². The number of benzene rings is 1. The molecule has 0 unspecified atom stereocenters. The quantitative estimate of drug-likeness (QED) is 0.748. The number of aliphatic hydroxyl groups is 1. The van der Waals surface area contributed by atoms with E-state index in [2.05, 4.69) is 5.32 Å². The summed E-state index contributed by atoms with van der Waals surface area (Å²) in [5.41, 5.74) is 0.971. The molecule has 0 saturated heterocycles. The van der Waals surface area contributed by atoms with Crippen LogP contribution in [0.5, 0.6) is 5.75 Å². The van der Waals surface area contributed by atoms with Gasteiger partial charge in [-0.05, 0) is 37.8 Å². The van der Waals surface area contributed by atoms with Crippen LogP contribution in [0.15, 0.2) is 18.2 Å². The van der Waals surface area contributed by atoms with Gasteiger partial charge in [0.1, 0.15) is 5.75 Å². The second-order valence-electron chi connectivity index (χ2n) is 4.87. The smallest absolute Gasteiger partial charge is 0.255 e. The van der Waals surface area contributed by atoms with E-state index in [1.807, 2.05) is 6.92 Å². The van der Waals surface area contributed by atoms with Gasteiger partial charge in [-0.15, -0.1) is 0 Å². The molecule has 0 radical (unpaired) electrons. The van der Waals surface area contributed by atoms with Gasteiger partial charge in [0.15, 0.2) is 0 Å². The van der Waals surface area contributed by atoms with Gasteiger partial charge in [0.2, 0.25) is 0 Å². The van der Waals surface area contributed by atoms with Crippen LogP contribution in [0.3, 0.4) is 0 Å². The minimum Gasteiger partial charge on any atom is -0.507 e. The number of aryl methyl sites for hydroxylation is 1. The molecule has 0 aliphatic carbocycles. The van der Waals surface area contributed by atoms with Crippen molar-refractivity contribution in [3.8, 4) is 5.75 Å². The zero-order valence-electron chi connectivity index (χ0n) is 11.1. The Morgan fingerprint density at radius 1 is 1.39 bits per heavy atom. The number of aromatic hydroxyl groups is 1. The van der Waals surface area contributed by atoms with E-state index in [1.54, 1.807) is 32.0 Å². The number of aliphatic hydroxyl groups excluding tert-OH is 1. The summed E-state index contributed by atoms with van der Waals surface area (Å²) in [4.78, 5) is 11.9. The Morgan fingerprint density at radius 3 is 2.67 bits per heavy atom. The number of phenols is 1. The van der Waals surface area contributed by atoms with Crippen molar-refractivity contribution >= 4 is 5.91 Å². The lowest BCUT2D eigenvalue weighted by atomic mass is 10.0. The molecule has 0 saturated carbocycles. The molecule has 100 valence electrons. The zero-order chi connectivity index (χ0) is 13.7. The summed E-state index contributed by atoms with van der Waals surface area (Å²) in [6.45, 7) is 5.92. The topological polar surface area (TPSA) is 69.6 Å². The molecule has 4 nitrogen and oxygen atoms in total. The Kier molecular flexibility index (Phi) is 5.16. The summed E-state index contributed by atoms with van der Waals surface area (Å²) in [5.74, 6) is -0.0623. The van der Waals surface area contributed by atoms with Crippen molar-refractivity contribution in [3.05, 3.63) is 29.3 Å². The first-order chi connectivity index (χ1) is 8.41. The number of amides is 1. The molecule has 2 atom stereocenters. The first-order valence-corrected chi connectivity index (χ1v) is 6.16. The molecule has 4 heteroatoms. The third kappa shape index (κ3) is 4.04. The third-order valence-corrected chi connectivity index (χ3v) is 2.84. The van der Waals surface area contributed by atoms with Crippen LogP contribution in [-0.4, -0.2) is 28.8 Å². The number of carbonyl (C=O) groups excluding carboxylic acids is 1. The van der Waals surface area contributed by atoms with Crippen LogP contribution in [-0.2, 0) is 0 Å². The van der Waals surface area contributed by atoms with Gasteiger partial charge in [-0.25, -0.2) is 0 Å². The van der Waals surface area contributed by atoms with Crippen LogP contribution in [0, 0.1) is 12.8 Å². The summed E-state index contributed by atoms with van der Waals surface area (Å²) in [6, 6.07) is 5.09. The number of nitrogens with one attached hydrogen (secondary N) is 1. The molecule has 0 fully saturated rings. The lowest BCUT2D eigenvalue weighted by Crippen LogP contribution is -2.29. The Hall–Kier alpha value is -1.55. The van der Waals surface area contributed by atoms with Crippen molar-refractivity contribution in [2.45, 2.75) is 33.3 Å². The first-order valence-electron chi connectivity index (χ1n) is 6.16. The average molecular weight is 251 g/mol. The maximum Gasteiger partial charge on any atom is 0.255 e. The van der Waals surface area contributed by atoms with E-state index in [-0.39, 0.29) is 23.7 Å². The van der Waals surface area contributed by atoms with Gasteiger partial charge in [-0.1, -0.05) is 19.1 Å². The van der Waals surface area contributed by atoms with E-state index in [9.17, 15) is 15.0 Å². The molecule has 0 aliphatic rings. The van der Waals surface area contributed by atoms with Crippen LogP contribution in [0.2, 0.25) is 0 Å². The maximum absolute atomic E-state index is 11.9. The highest BCUT2D eigenvalue weighted by molar-refractivity contribution is 5.97. The Morgan fingerprint density at radius 2 is 2.06 bits per heavy atom. The minimum absolute atomic E-state index is 0.0261. The molecule has 1 rings (SSSR count). The molecule has 1 amide bonds.